The van der Waals surface area contributed by atoms with Gasteiger partial charge in [0, 0.05) is 0 Å². The van der Waals surface area contributed by atoms with Crippen molar-refractivity contribution in [3.63, 3.8) is 0 Å². The fourth-order valence-electron chi connectivity index (χ4n) is 6.52. The molecule has 52 heavy (non-hydrogen) atoms. The summed E-state index contributed by atoms with van der Waals surface area (Å²) in [6.07, 6.45) is 0. The first kappa shape index (κ1) is 42.9. The summed E-state index contributed by atoms with van der Waals surface area (Å²) in [6, 6.07) is 28.8. The lowest BCUT2D eigenvalue weighted by molar-refractivity contribution is -0.155. The molecule has 5 rings (SSSR count). The average molecular weight is 719 g/mol. The van der Waals surface area contributed by atoms with Crippen LogP contribution in [-0.2, 0) is 38.2 Å². The zero-order chi connectivity index (χ0) is 39.1. The summed E-state index contributed by atoms with van der Waals surface area (Å²) in [4.78, 5) is 68.6. The maximum atomic E-state index is 11.8. The van der Waals surface area contributed by atoms with Gasteiger partial charge in [0.15, 0.2) is 0 Å². The van der Waals surface area contributed by atoms with E-state index in [9.17, 15) is 28.8 Å². The van der Waals surface area contributed by atoms with Gasteiger partial charge in [-0.15, -0.1) is 0 Å². The molecule has 280 valence electrons. The van der Waals surface area contributed by atoms with Gasteiger partial charge in [0.25, 0.3) is 0 Å². The number of ether oxygens (including phenoxy) is 2. The smallest absolute Gasteiger partial charge is 0.318 e. The molecule has 0 spiro atoms. The molecule has 3 aromatic carbocycles. The summed E-state index contributed by atoms with van der Waals surface area (Å²) < 4.78 is 9.30. The molecule has 8 N–H and O–H groups in total. The van der Waals surface area contributed by atoms with Crippen molar-refractivity contribution in [2.24, 2.45) is 53.0 Å². The highest BCUT2D eigenvalue weighted by Crippen LogP contribution is 2.37. The van der Waals surface area contributed by atoms with E-state index in [2.05, 4.69) is 21.2 Å². The number of aliphatic carboxylic acids is 1. The molecule has 2 heterocycles. The highest BCUT2D eigenvalue weighted by molar-refractivity contribution is 5.97. The SMILES string of the molecule is CC(C(=O)O)C(C(=O)NN)C(C)c1ccccc1.CC1C(=O)OC(=O)C1C(C)c1ccccc1.CC1C(=O)OC(=O)C1C(C)c1ccccc1.NN. The van der Waals surface area contributed by atoms with Crippen LogP contribution in [0.1, 0.15) is 76.0 Å². The Morgan fingerprint density at radius 1 is 0.615 bits per heavy atom. The standard InChI is InChI=1S/C13H18N2O3.2C13H14O3.H4N2/c1-8(10-6-4-3-5-7-10)11(12(16)15-14)9(2)13(17)18;2*1-8(10-6-4-3-5-7-10)11-9(2)12(14)16-13(11)15;1-2/h3-9,11H,14H2,1-2H3,(H,15,16)(H,17,18);2*3-9,11H,1-2H3;1-2H2. The molecule has 0 saturated carbocycles. The Kier molecular flexibility index (Phi) is 17.0. The molecule has 2 saturated heterocycles. The summed E-state index contributed by atoms with van der Waals surface area (Å²) >= 11 is 0. The summed E-state index contributed by atoms with van der Waals surface area (Å²) in [7, 11) is 0. The number of rotatable bonds is 9. The Hall–Kier alpha value is -5.24. The minimum Gasteiger partial charge on any atom is -0.481 e. The zero-order valence-electron chi connectivity index (χ0n) is 30.3. The van der Waals surface area contributed by atoms with Crippen molar-refractivity contribution in [2.45, 2.75) is 59.3 Å². The molecular weight excluding hydrogens is 668 g/mol. The van der Waals surface area contributed by atoms with Crippen LogP contribution >= 0.6 is 0 Å². The third kappa shape index (κ3) is 10.9. The highest BCUT2D eigenvalue weighted by atomic mass is 16.6. The van der Waals surface area contributed by atoms with Crippen molar-refractivity contribution < 1.29 is 43.3 Å². The number of carbonyl (C=O) groups excluding carboxylic acids is 5. The number of cyclic esters (lactones) is 4. The van der Waals surface area contributed by atoms with Crippen LogP contribution in [0.2, 0.25) is 0 Å². The van der Waals surface area contributed by atoms with Gasteiger partial charge in [0.05, 0.1) is 35.5 Å². The van der Waals surface area contributed by atoms with Crippen LogP contribution in [0.25, 0.3) is 0 Å². The third-order valence-corrected chi connectivity index (χ3v) is 9.73. The Morgan fingerprint density at radius 3 is 1.21 bits per heavy atom. The van der Waals surface area contributed by atoms with Crippen LogP contribution in [0.3, 0.4) is 0 Å². The van der Waals surface area contributed by atoms with Crippen LogP contribution < -0.4 is 23.0 Å². The van der Waals surface area contributed by atoms with E-state index in [-0.39, 0.29) is 41.4 Å². The summed E-state index contributed by atoms with van der Waals surface area (Å²) in [5, 5.41) is 9.07. The first-order chi connectivity index (χ1) is 24.7. The topological polar surface area (TPSA) is 231 Å². The molecule has 13 nitrogen and oxygen atoms in total. The second kappa shape index (κ2) is 20.6. The number of benzene rings is 3. The lowest BCUT2D eigenvalue weighted by Gasteiger charge is -2.25. The van der Waals surface area contributed by atoms with Crippen molar-refractivity contribution in [1.82, 2.24) is 5.43 Å². The van der Waals surface area contributed by atoms with E-state index < -0.39 is 47.6 Å². The molecule has 9 atom stereocenters. The van der Waals surface area contributed by atoms with Gasteiger partial charge in [-0.2, -0.15) is 0 Å². The third-order valence-electron chi connectivity index (χ3n) is 9.73. The van der Waals surface area contributed by atoms with E-state index in [1.54, 1.807) is 13.8 Å². The molecule has 3 aromatic rings. The predicted octanol–water partition coefficient (Wildman–Crippen LogP) is 4.19. The fourth-order valence-corrected chi connectivity index (χ4v) is 6.52. The number of carboxylic acid groups (broad SMARTS) is 1. The molecule has 1 amide bonds. The Balaban J connectivity index is 0.000000264. The normalized spacial score (nSPS) is 21.9. The van der Waals surface area contributed by atoms with Gasteiger partial charge in [0.1, 0.15) is 0 Å². The number of carboxylic acids is 1. The quantitative estimate of drug-likeness (QED) is 0.0689. The van der Waals surface area contributed by atoms with E-state index in [1.807, 2.05) is 117 Å². The van der Waals surface area contributed by atoms with Crippen molar-refractivity contribution in [1.29, 1.82) is 0 Å². The van der Waals surface area contributed by atoms with E-state index in [0.717, 1.165) is 16.7 Å². The number of hydrazine groups is 2. The molecule has 0 aliphatic carbocycles. The van der Waals surface area contributed by atoms with Gasteiger partial charge < -0.3 is 14.6 Å². The minimum absolute atomic E-state index is 0.00940. The van der Waals surface area contributed by atoms with Crippen molar-refractivity contribution in [2.75, 3.05) is 0 Å². The number of carbonyl (C=O) groups is 6. The van der Waals surface area contributed by atoms with E-state index in [0.29, 0.717) is 0 Å². The van der Waals surface area contributed by atoms with E-state index >= 15 is 0 Å². The number of hydrogen-bond donors (Lipinski definition) is 5. The Bertz CT molecular complexity index is 1560. The summed E-state index contributed by atoms with van der Waals surface area (Å²) in [5.41, 5.74) is 5.09. The lowest BCUT2D eigenvalue weighted by atomic mass is 9.79. The van der Waals surface area contributed by atoms with Gasteiger partial charge >= 0.3 is 29.8 Å². The van der Waals surface area contributed by atoms with Gasteiger partial charge in [0.2, 0.25) is 5.91 Å². The number of nitrogens with one attached hydrogen (secondary N) is 1. The average Bonchev–Trinajstić information content (AvgIpc) is 3.58. The maximum Gasteiger partial charge on any atom is 0.318 e. The Labute approximate surface area is 304 Å². The fraction of sp³-hybridized carbons (Fsp3) is 0.385. The van der Waals surface area contributed by atoms with Crippen molar-refractivity contribution in [3.05, 3.63) is 108 Å². The maximum absolute atomic E-state index is 11.8. The van der Waals surface area contributed by atoms with E-state index in [4.69, 9.17) is 10.9 Å². The van der Waals surface area contributed by atoms with Gasteiger partial charge in [-0.05, 0) is 34.4 Å². The molecule has 2 fully saturated rings. The van der Waals surface area contributed by atoms with Gasteiger partial charge in [-0.3, -0.25) is 45.9 Å². The van der Waals surface area contributed by atoms with Gasteiger partial charge in [-0.25, -0.2) is 5.84 Å². The largest absolute Gasteiger partial charge is 0.481 e. The number of amides is 1. The van der Waals surface area contributed by atoms with Crippen LogP contribution in [0.5, 0.6) is 0 Å². The molecule has 13 heteroatoms. The number of nitrogens with two attached hydrogens (primary N) is 3. The lowest BCUT2D eigenvalue weighted by Crippen LogP contribution is -2.42. The monoisotopic (exact) mass is 718 g/mol. The molecule has 9 unspecified atom stereocenters. The van der Waals surface area contributed by atoms with Crippen LogP contribution in [0, 0.1) is 35.5 Å². The van der Waals surface area contributed by atoms with E-state index in [1.165, 1.54) is 6.92 Å². The highest BCUT2D eigenvalue weighted by Gasteiger charge is 2.45. The predicted molar refractivity (Wildman–Crippen MR) is 193 cm³/mol. The number of hydrogen-bond acceptors (Lipinski definition) is 11. The molecule has 2 aliphatic heterocycles. The van der Waals surface area contributed by atoms with Crippen LogP contribution in [0.15, 0.2) is 91.0 Å². The molecule has 0 bridgehead atoms. The first-order valence-electron chi connectivity index (χ1n) is 16.9. The number of esters is 4. The van der Waals surface area contributed by atoms with Gasteiger partial charge in [-0.1, -0.05) is 133 Å². The summed E-state index contributed by atoms with van der Waals surface area (Å²) in [6.45, 7) is 10.7. The zero-order valence-corrected chi connectivity index (χ0v) is 30.3. The molecule has 2 aliphatic rings. The first-order valence-corrected chi connectivity index (χ1v) is 16.9. The second-order valence-electron chi connectivity index (χ2n) is 12.9. The summed E-state index contributed by atoms with van der Waals surface area (Å²) in [5.74, 6) is 6.97. The van der Waals surface area contributed by atoms with Crippen LogP contribution in [0.4, 0.5) is 0 Å². The Morgan fingerprint density at radius 2 is 0.942 bits per heavy atom. The van der Waals surface area contributed by atoms with Crippen molar-refractivity contribution >= 4 is 35.8 Å². The molecular formula is C39H50N4O9. The second-order valence-corrected chi connectivity index (χ2v) is 12.9. The molecule has 0 aromatic heterocycles. The van der Waals surface area contributed by atoms with Crippen molar-refractivity contribution in [3.8, 4) is 0 Å². The minimum atomic E-state index is -1.01. The molecule has 0 radical (unpaired) electrons. The van der Waals surface area contributed by atoms with Crippen LogP contribution in [-0.4, -0.2) is 40.9 Å².